The lowest BCUT2D eigenvalue weighted by atomic mass is 9.92. The van der Waals surface area contributed by atoms with Crippen molar-refractivity contribution in [3.63, 3.8) is 0 Å². The Kier molecular flexibility index (Phi) is 4.72. The number of rotatable bonds is 4. The number of fused-ring (bicyclic) bond motifs is 1. The second-order valence-corrected chi connectivity index (χ2v) is 9.83. The van der Waals surface area contributed by atoms with E-state index in [0.717, 1.165) is 36.9 Å². The minimum atomic E-state index is -3.49. The van der Waals surface area contributed by atoms with Crippen molar-refractivity contribution in [2.24, 2.45) is 0 Å². The van der Waals surface area contributed by atoms with Gasteiger partial charge in [0.25, 0.3) is 0 Å². The molecule has 0 N–H and O–H groups in total. The van der Waals surface area contributed by atoms with E-state index in [9.17, 15) is 8.42 Å². The SMILES string of the molecule is O=S(=O)(c1ccc2c(c1)CCCC2)N1CC[C@H](n2cc(-c3ccccc3)nn2)C1. The second kappa shape index (κ2) is 7.39. The summed E-state index contributed by atoms with van der Waals surface area (Å²) in [5.74, 6) is 0. The molecule has 1 aliphatic carbocycles. The fraction of sp³-hybridized carbons (Fsp3) is 0.364. The van der Waals surface area contributed by atoms with E-state index in [2.05, 4.69) is 10.3 Å². The lowest BCUT2D eigenvalue weighted by Gasteiger charge is -2.20. The van der Waals surface area contributed by atoms with Crippen LogP contribution >= 0.6 is 0 Å². The molecule has 6 nitrogen and oxygen atoms in total. The Morgan fingerprint density at radius 2 is 1.76 bits per heavy atom. The highest BCUT2D eigenvalue weighted by Gasteiger charge is 2.34. The van der Waals surface area contributed by atoms with Gasteiger partial charge in [0.1, 0.15) is 5.69 Å². The van der Waals surface area contributed by atoms with Gasteiger partial charge in [-0.2, -0.15) is 4.31 Å². The van der Waals surface area contributed by atoms with E-state index in [1.54, 1.807) is 10.4 Å². The summed E-state index contributed by atoms with van der Waals surface area (Å²) in [4.78, 5) is 0.419. The number of hydrogen-bond donors (Lipinski definition) is 0. The largest absolute Gasteiger partial charge is 0.247 e. The van der Waals surface area contributed by atoms with Crippen LogP contribution in [0.3, 0.4) is 0 Å². The summed E-state index contributed by atoms with van der Waals surface area (Å²) in [6.45, 7) is 0.932. The Labute approximate surface area is 171 Å². The standard InChI is InChI=1S/C22H24N4O2S/c27-29(28,21-11-10-17-6-4-5-9-19(17)14-21)25-13-12-20(15-25)26-16-22(23-24-26)18-7-2-1-3-8-18/h1-3,7-8,10-11,14,16,20H,4-6,9,12-13,15H2/t20-/m0/s1. The maximum atomic E-state index is 13.2. The predicted octanol–water partition coefficient (Wildman–Crippen LogP) is 3.46. The minimum Gasteiger partial charge on any atom is -0.247 e. The molecule has 29 heavy (non-hydrogen) atoms. The van der Waals surface area contributed by atoms with E-state index in [1.165, 1.54) is 17.5 Å². The summed E-state index contributed by atoms with van der Waals surface area (Å²) in [7, 11) is -3.49. The van der Waals surface area contributed by atoms with Crippen molar-refractivity contribution in [2.45, 2.75) is 43.0 Å². The maximum Gasteiger partial charge on any atom is 0.243 e. The fourth-order valence-corrected chi connectivity index (χ4v) is 5.90. The van der Waals surface area contributed by atoms with Gasteiger partial charge >= 0.3 is 0 Å². The van der Waals surface area contributed by atoms with Crippen LogP contribution in [0.5, 0.6) is 0 Å². The first-order valence-corrected chi connectivity index (χ1v) is 11.6. The minimum absolute atomic E-state index is 0.00682. The summed E-state index contributed by atoms with van der Waals surface area (Å²) in [5.41, 5.74) is 4.30. The molecule has 7 heteroatoms. The molecular formula is C22H24N4O2S. The first kappa shape index (κ1) is 18.5. The van der Waals surface area contributed by atoms with Crippen LogP contribution in [0.15, 0.2) is 59.6 Å². The van der Waals surface area contributed by atoms with Gasteiger partial charge in [0.05, 0.1) is 17.1 Å². The van der Waals surface area contributed by atoms with E-state index in [4.69, 9.17) is 0 Å². The zero-order chi connectivity index (χ0) is 19.8. The summed E-state index contributed by atoms with van der Waals surface area (Å²) >= 11 is 0. The third kappa shape index (κ3) is 3.49. The Morgan fingerprint density at radius 3 is 2.59 bits per heavy atom. The van der Waals surface area contributed by atoms with E-state index in [1.807, 2.05) is 53.3 Å². The summed E-state index contributed by atoms with van der Waals surface area (Å²) in [5, 5.41) is 8.54. The van der Waals surface area contributed by atoms with Crippen LogP contribution in [0.4, 0.5) is 0 Å². The highest BCUT2D eigenvalue weighted by atomic mass is 32.2. The molecule has 1 atom stereocenters. The molecule has 0 bridgehead atoms. The van der Waals surface area contributed by atoms with Crippen LogP contribution in [0.1, 0.15) is 36.4 Å². The predicted molar refractivity (Wildman–Crippen MR) is 111 cm³/mol. The van der Waals surface area contributed by atoms with Crippen molar-refractivity contribution in [3.8, 4) is 11.3 Å². The molecule has 0 saturated carbocycles. The molecule has 5 rings (SSSR count). The maximum absolute atomic E-state index is 13.2. The zero-order valence-electron chi connectivity index (χ0n) is 16.2. The summed E-state index contributed by atoms with van der Waals surface area (Å²) in [6.07, 6.45) is 7.00. The summed E-state index contributed by atoms with van der Waals surface area (Å²) in [6, 6.07) is 15.6. The number of hydrogen-bond acceptors (Lipinski definition) is 4. The molecule has 0 unspecified atom stereocenters. The van der Waals surface area contributed by atoms with Gasteiger partial charge < -0.3 is 0 Å². The van der Waals surface area contributed by atoms with Gasteiger partial charge in [0.2, 0.25) is 10.0 Å². The molecule has 2 aliphatic rings. The summed E-state index contributed by atoms with van der Waals surface area (Å²) < 4.78 is 29.8. The third-order valence-corrected chi connectivity index (χ3v) is 7.90. The average Bonchev–Trinajstić information content (AvgIpc) is 3.44. The molecule has 3 aromatic rings. The molecule has 1 aliphatic heterocycles. The van der Waals surface area contributed by atoms with Crippen LogP contribution in [0, 0.1) is 0 Å². The van der Waals surface area contributed by atoms with Crippen molar-refractivity contribution >= 4 is 10.0 Å². The van der Waals surface area contributed by atoms with Gasteiger partial charge in [-0.1, -0.05) is 41.6 Å². The molecule has 1 aromatic heterocycles. The van der Waals surface area contributed by atoms with E-state index in [0.29, 0.717) is 18.0 Å². The van der Waals surface area contributed by atoms with E-state index in [-0.39, 0.29) is 6.04 Å². The Bertz CT molecular complexity index is 1120. The molecular weight excluding hydrogens is 384 g/mol. The molecule has 0 radical (unpaired) electrons. The number of aromatic nitrogens is 3. The Hall–Kier alpha value is -2.51. The molecule has 1 saturated heterocycles. The monoisotopic (exact) mass is 408 g/mol. The molecule has 2 heterocycles. The molecule has 0 spiro atoms. The van der Waals surface area contributed by atoms with Crippen molar-refractivity contribution < 1.29 is 8.42 Å². The number of sulfonamides is 1. The smallest absolute Gasteiger partial charge is 0.243 e. The highest BCUT2D eigenvalue weighted by Crippen LogP contribution is 2.30. The van der Waals surface area contributed by atoms with Gasteiger partial charge in [-0.3, -0.25) is 0 Å². The van der Waals surface area contributed by atoms with Crippen molar-refractivity contribution in [1.29, 1.82) is 0 Å². The van der Waals surface area contributed by atoms with Crippen molar-refractivity contribution in [3.05, 3.63) is 65.9 Å². The Morgan fingerprint density at radius 1 is 0.966 bits per heavy atom. The van der Waals surface area contributed by atoms with Gasteiger partial charge in [0.15, 0.2) is 0 Å². The lowest BCUT2D eigenvalue weighted by molar-refractivity contribution is 0.428. The average molecular weight is 409 g/mol. The van der Waals surface area contributed by atoms with Crippen molar-refractivity contribution in [1.82, 2.24) is 19.3 Å². The molecule has 2 aromatic carbocycles. The number of benzene rings is 2. The molecule has 1 fully saturated rings. The third-order valence-electron chi connectivity index (χ3n) is 6.04. The fourth-order valence-electron chi connectivity index (χ4n) is 4.36. The van der Waals surface area contributed by atoms with E-state index >= 15 is 0 Å². The second-order valence-electron chi connectivity index (χ2n) is 7.89. The molecule has 150 valence electrons. The zero-order valence-corrected chi connectivity index (χ0v) is 17.1. The number of nitrogens with zero attached hydrogens (tertiary/aromatic N) is 4. The lowest BCUT2D eigenvalue weighted by Crippen LogP contribution is -2.29. The first-order valence-electron chi connectivity index (χ1n) is 10.2. The molecule has 0 amide bonds. The van der Waals surface area contributed by atoms with Crippen molar-refractivity contribution in [2.75, 3.05) is 13.1 Å². The number of aryl methyl sites for hydroxylation is 2. The first-order chi connectivity index (χ1) is 14.1. The van der Waals surface area contributed by atoms with Crippen LogP contribution in [-0.2, 0) is 22.9 Å². The van der Waals surface area contributed by atoms with Gasteiger partial charge in [-0.15, -0.1) is 5.10 Å². The highest BCUT2D eigenvalue weighted by molar-refractivity contribution is 7.89. The quantitative estimate of drug-likeness (QED) is 0.663. The normalized spacial score (nSPS) is 19.9. The van der Waals surface area contributed by atoms with Crippen LogP contribution in [0.25, 0.3) is 11.3 Å². The topological polar surface area (TPSA) is 68.1 Å². The van der Waals surface area contributed by atoms with Gasteiger partial charge in [-0.25, -0.2) is 13.1 Å². The Balaban J connectivity index is 1.35. The van der Waals surface area contributed by atoms with Gasteiger partial charge in [-0.05, 0) is 55.4 Å². The van der Waals surface area contributed by atoms with Crippen LogP contribution in [-0.4, -0.2) is 40.8 Å². The van der Waals surface area contributed by atoms with Gasteiger partial charge in [0, 0.05) is 18.7 Å². The van der Waals surface area contributed by atoms with Crippen LogP contribution < -0.4 is 0 Å². The van der Waals surface area contributed by atoms with Crippen LogP contribution in [0.2, 0.25) is 0 Å². The van der Waals surface area contributed by atoms with E-state index < -0.39 is 10.0 Å².